The van der Waals surface area contributed by atoms with Gasteiger partial charge >= 0.3 is 0 Å². The van der Waals surface area contributed by atoms with Crippen LogP contribution in [0.15, 0.2) is 47.0 Å². The number of carbonyl (C=O) groups is 1. The Morgan fingerprint density at radius 1 is 1.15 bits per heavy atom. The molecule has 0 saturated carbocycles. The molecule has 1 heterocycles. The van der Waals surface area contributed by atoms with Crippen molar-refractivity contribution in [1.82, 2.24) is 10.1 Å². The molecule has 0 bridgehead atoms. The van der Waals surface area contributed by atoms with E-state index in [0.717, 1.165) is 23.3 Å². The number of hydrogen-bond acceptors (Lipinski definition) is 5. The molecule has 0 fully saturated rings. The van der Waals surface area contributed by atoms with Crippen LogP contribution in [0.1, 0.15) is 11.5 Å². The average Bonchev–Trinajstić information content (AvgIpc) is 3.08. The van der Waals surface area contributed by atoms with E-state index >= 15 is 0 Å². The topological polar surface area (TPSA) is 68.0 Å². The number of halogens is 2. The van der Waals surface area contributed by atoms with Gasteiger partial charge in [-0.05, 0) is 19.1 Å². The fourth-order valence-corrected chi connectivity index (χ4v) is 2.79. The monoisotopic (exact) mass is 375 g/mol. The van der Waals surface area contributed by atoms with Gasteiger partial charge in [-0.15, -0.1) is 11.8 Å². The Kier molecular flexibility index (Phi) is 5.62. The van der Waals surface area contributed by atoms with Gasteiger partial charge in [0, 0.05) is 17.3 Å². The molecule has 5 nitrogen and oxygen atoms in total. The fourth-order valence-electron chi connectivity index (χ4n) is 2.14. The van der Waals surface area contributed by atoms with Crippen molar-refractivity contribution in [2.75, 3.05) is 11.1 Å². The maximum atomic E-state index is 13.1. The molecule has 0 unspecified atom stereocenters. The van der Waals surface area contributed by atoms with E-state index in [2.05, 4.69) is 15.5 Å². The van der Waals surface area contributed by atoms with Gasteiger partial charge < -0.3 is 9.84 Å². The largest absolute Gasteiger partial charge is 0.338 e. The number of nitrogens with zero attached hydrogens (tertiary/aromatic N) is 2. The number of anilines is 1. The molecule has 3 rings (SSSR count). The van der Waals surface area contributed by atoms with Crippen LogP contribution < -0.4 is 5.32 Å². The van der Waals surface area contributed by atoms with Gasteiger partial charge in [0.05, 0.1) is 11.5 Å². The maximum Gasteiger partial charge on any atom is 0.236 e. The lowest BCUT2D eigenvalue weighted by Gasteiger charge is -2.04. The number of thioether (sulfide) groups is 1. The first kappa shape index (κ1) is 18.1. The van der Waals surface area contributed by atoms with Crippen LogP contribution in [-0.2, 0) is 10.5 Å². The quantitative estimate of drug-likeness (QED) is 0.699. The summed E-state index contributed by atoms with van der Waals surface area (Å²) in [6.45, 7) is 1.99. The summed E-state index contributed by atoms with van der Waals surface area (Å²) in [6, 6.07) is 10.9. The van der Waals surface area contributed by atoms with E-state index in [0.29, 0.717) is 17.5 Å². The second-order valence-corrected chi connectivity index (χ2v) is 6.53. The van der Waals surface area contributed by atoms with Crippen molar-refractivity contribution < 1.29 is 18.1 Å². The Labute approximate surface area is 152 Å². The van der Waals surface area contributed by atoms with E-state index in [-0.39, 0.29) is 17.3 Å². The number of aryl methyl sites for hydroxylation is 1. The van der Waals surface area contributed by atoms with Gasteiger partial charge in [0.15, 0.2) is 11.6 Å². The summed E-state index contributed by atoms with van der Waals surface area (Å²) >= 11 is 1.28. The highest BCUT2D eigenvalue weighted by atomic mass is 32.2. The van der Waals surface area contributed by atoms with Crippen LogP contribution in [0.2, 0.25) is 0 Å². The third-order valence-corrected chi connectivity index (χ3v) is 4.36. The Morgan fingerprint density at radius 2 is 1.92 bits per heavy atom. The van der Waals surface area contributed by atoms with Crippen molar-refractivity contribution in [2.24, 2.45) is 0 Å². The predicted molar refractivity (Wildman–Crippen MR) is 95.6 cm³/mol. The molecule has 0 saturated heterocycles. The standard InChI is InChI=1S/C18H15F2N3O2S/c1-11-2-4-12(5-3-11)18-22-17(25-23-18)10-26-9-16(24)21-13-6-7-14(19)15(20)8-13/h2-8H,9-10H2,1H3,(H,21,24). The van der Waals surface area contributed by atoms with Crippen LogP contribution in [0.25, 0.3) is 11.4 Å². The maximum absolute atomic E-state index is 13.1. The van der Waals surface area contributed by atoms with Crippen LogP contribution >= 0.6 is 11.8 Å². The third-order valence-electron chi connectivity index (χ3n) is 3.44. The second kappa shape index (κ2) is 8.09. The molecule has 2 aromatic carbocycles. The summed E-state index contributed by atoms with van der Waals surface area (Å²) in [5.74, 6) is -0.925. The van der Waals surface area contributed by atoms with Crippen LogP contribution in [0, 0.1) is 18.6 Å². The summed E-state index contributed by atoms with van der Waals surface area (Å²) in [5, 5.41) is 6.42. The Morgan fingerprint density at radius 3 is 2.65 bits per heavy atom. The molecule has 1 N–H and O–H groups in total. The molecule has 3 aromatic rings. The SMILES string of the molecule is Cc1ccc(-c2noc(CSCC(=O)Nc3ccc(F)c(F)c3)n2)cc1. The van der Waals surface area contributed by atoms with Crippen LogP contribution in [0.5, 0.6) is 0 Å². The van der Waals surface area contributed by atoms with Gasteiger partial charge in [-0.3, -0.25) is 4.79 Å². The summed E-state index contributed by atoms with van der Waals surface area (Å²) < 4.78 is 31.1. The second-order valence-electron chi connectivity index (χ2n) is 5.55. The molecule has 0 aliphatic heterocycles. The molecule has 0 aliphatic carbocycles. The number of benzene rings is 2. The van der Waals surface area contributed by atoms with Crippen LogP contribution in [0.3, 0.4) is 0 Å². The van der Waals surface area contributed by atoms with Crippen molar-refractivity contribution in [1.29, 1.82) is 0 Å². The minimum Gasteiger partial charge on any atom is -0.338 e. The molecular weight excluding hydrogens is 360 g/mol. The lowest BCUT2D eigenvalue weighted by Crippen LogP contribution is -2.14. The van der Waals surface area contributed by atoms with Gasteiger partial charge in [-0.25, -0.2) is 8.78 Å². The predicted octanol–water partition coefficient (Wildman–Crippen LogP) is 4.20. The Hall–Kier alpha value is -2.74. The number of amides is 1. The van der Waals surface area contributed by atoms with Crippen molar-refractivity contribution in [3.8, 4) is 11.4 Å². The van der Waals surface area contributed by atoms with E-state index in [9.17, 15) is 13.6 Å². The van der Waals surface area contributed by atoms with Crippen molar-refractivity contribution in [3.63, 3.8) is 0 Å². The highest BCUT2D eigenvalue weighted by Crippen LogP contribution is 2.19. The molecule has 26 heavy (non-hydrogen) atoms. The molecule has 8 heteroatoms. The fraction of sp³-hybridized carbons (Fsp3) is 0.167. The summed E-state index contributed by atoms with van der Waals surface area (Å²) in [7, 11) is 0. The summed E-state index contributed by atoms with van der Waals surface area (Å²) in [6.07, 6.45) is 0. The minimum atomic E-state index is -1.01. The van der Waals surface area contributed by atoms with E-state index in [1.165, 1.54) is 17.8 Å². The number of nitrogens with one attached hydrogen (secondary N) is 1. The van der Waals surface area contributed by atoms with Gasteiger partial charge in [0.25, 0.3) is 0 Å². The molecule has 1 aromatic heterocycles. The molecule has 0 radical (unpaired) electrons. The highest BCUT2D eigenvalue weighted by molar-refractivity contribution is 7.99. The van der Waals surface area contributed by atoms with Gasteiger partial charge in [0.1, 0.15) is 0 Å². The molecular formula is C18H15F2N3O2S. The lowest BCUT2D eigenvalue weighted by molar-refractivity contribution is -0.113. The summed E-state index contributed by atoms with van der Waals surface area (Å²) in [4.78, 5) is 16.1. The van der Waals surface area contributed by atoms with Crippen molar-refractivity contribution >= 4 is 23.4 Å². The zero-order valence-electron chi connectivity index (χ0n) is 13.8. The van der Waals surface area contributed by atoms with Gasteiger partial charge in [-0.2, -0.15) is 4.98 Å². The Balaban J connectivity index is 1.49. The van der Waals surface area contributed by atoms with E-state index in [1.54, 1.807) is 0 Å². The molecule has 0 aliphatic rings. The van der Waals surface area contributed by atoms with E-state index in [1.807, 2.05) is 31.2 Å². The van der Waals surface area contributed by atoms with Crippen molar-refractivity contribution in [2.45, 2.75) is 12.7 Å². The lowest BCUT2D eigenvalue weighted by atomic mass is 10.1. The van der Waals surface area contributed by atoms with Gasteiger partial charge in [-0.1, -0.05) is 35.0 Å². The van der Waals surface area contributed by atoms with Crippen LogP contribution in [0.4, 0.5) is 14.5 Å². The van der Waals surface area contributed by atoms with Crippen molar-refractivity contribution in [3.05, 3.63) is 65.6 Å². The first-order valence-electron chi connectivity index (χ1n) is 7.73. The van der Waals surface area contributed by atoms with Gasteiger partial charge in [0.2, 0.25) is 17.6 Å². The Bertz CT molecular complexity index is 913. The average molecular weight is 375 g/mol. The minimum absolute atomic E-state index is 0.112. The molecule has 0 spiro atoms. The zero-order valence-corrected chi connectivity index (χ0v) is 14.6. The third kappa shape index (κ3) is 4.66. The number of carbonyl (C=O) groups excluding carboxylic acids is 1. The molecule has 1 amide bonds. The number of aromatic nitrogens is 2. The number of rotatable bonds is 6. The van der Waals surface area contributed by atoms with E-state index < -0.39 is 11.6 Å². The molecule has 134 valence electrons. The first-order valence-corrected chi connectivity index (χ1v) is 8.89. The normalized spacial score (nSPS) is 10.7. The van der Waals surface area contributed by atoms with Crippen LogP contribution in [-0.4, -0.2) is 21.8 Å². The molecule has 0 atom stereocenters. The first-order chi connectivity index (χ1) is 12.5. The smallest absolute Gasteiger partial charge is 0.236 e. The number of hydrogen-bond donors (Lipinski definition) is 1. The zero-order chi connectivity index (χ0) is 18.5. The van der Waals surface area contributed by atoms with E-state index in [4.69, 9.17) is 4.52 Å². The highest BCUT2D eigenvalue weighted by Gasteiger charge is 2.10. The summed E-state index contributed by atoms with van der Waals surface area (Å²) in [5.41, 5.74) is 2.20.